The lowest BCUT2D eigenvalue weighted by molar-refractivity contribution is -0.414. The Morgan fingerprint density at radius 2 is 1.61 bits per heavy atom. The van der Waals surface area contributed by atoms with E-state index in [1.165, 1.54) is 23.9 Å². The summed E-state index contributed by atoms with van der Waals surface area (Å²) < 4.78 is 13.2. The van der Waals surface area contributed by atoms with Gasteiger partial charge in [-0.15, -0.1) is 0 Å². The molecule has 0 unspecified atom stereocenters. The molecule has 4 rings (SSSR count). The van der Waals surface area contributed by atoms with Crippen molar-refractivity contribution in [3.63, 3.8) is 0 Å². The molecule has 0 saturated carbocycles. The maximum absolute atomic E-state index is 13.2. The van der Waals surface area contributed by atoms with Gasteiger partial charge in [-0.1, -0.05) is 71.4 Å². The third-order valence-corrected chi connectivity index (χ3v) is 6.41. The molecule has 1 heterocycles. The first-order chi connectivity index (χ1) is 15.0. The molecule has 0 saturated heterocycles. The molecule has 0 atom stereocenters. The van der Waals surface area contributed by atoms with Gasteiger partial charge in [0.25, 0.3) is 5.03 Å². The molecule has 4 aromatic rings. The van der Waals surface area contributed by atoms with Gasteiger partial charge in [0, 0.05) is 22.4 Å². The number of aromatic amines is 1. The van der Waals surface area contributed by atoms with Crippen molar-refractivity contribution in [3.05, 3.63) is 106 Å². The summed E-state index contributed by atoms with van der Waals surface area (Å²) in [6, 6.07) is 25.6. The predicted molar refractivity (Wildman–Crippen MR) is 125 cm³/mol. The molecule has 1 N–H and O–H groups in total. The highest BCUT2D eigenvalue weighted by Gasteiger charge is 2.22. The van der Waals surface area contributed by atoms with Gasteiger partial charge in [-0.25, -0.2) is 4.39 Å². The Labute approximate surface area is 194 Å². The van der Waals surface area contributed by atoms with E-state index in [1.807, 2.05) is 42.5 Å². The van der Waals surface area contributed by atoms with Gasteiger partial charge in [0.2, 0.25) is 5.69 Å². The van der Waals surface area contributed by atoms with E-state index in [9.17, 15) is 9.65 Å². The summed E-state index contributed by atoms with van der Waals surface area (Å²) in [5, 5.41) is 11.9. The quantitative estimate of drug-likeness (QED) is 0.287. The van der Waals surface area contributed by atoms with Crippen LogP contribution in [0.5, 0.6) is 0 Å². The lowest BCUT2D eigenvalue weighted by Crippen LogP contribution is -2.14. The van der Waals surface area contributed by atoms with Gasteiger partial charge in [0.1, 0.15) is 17.4 Å². The van der Waals surface area contributed by atoms with Crippen molar-refractivity contribution in [1.82, 2.24) is 0 Å². The molecule has 0 spiro atoms. The molecule has 3 aromatic carbocycles. The van der Waals surface area contributed by atoms with Gasteiger partial charge in [-0.2, -0.15) is 10.2 Å². The van der Waals surface area contributed by atoms with Crippen molar-refractivity contribution < 1.29 is 9.37 Å². The first kappa shape index (κ1) is 21.4. The Morgan fingerprint density at radius 3 is 2.29 bits per heavy atom. The molecule has 152 valence electrons. The number of nitrogens with one attached hydrogen (secondary N) is 1. The van der Waals surface area contributed by atoms with Crippen molar-refractivity contribution >= 4 is 35.0 Å². The van der Waals surface area contributed by atoms with Crippen LogP contribution in [-0.2, 0) is 5.75 Å². The SMILES string of the molecule is N#Cc1c(-c2ccc(Cl)cc2)cc(-c2ccccc2Cl)[nH+]c1SCc1ccc(F)cc1. The predicted octanol–water partition coefficient (Wildman–Crippen LogP) is 7.44. The summed E-state index contributed by atoms with van der Waals surface area (Å²) >= 11 is 14.0. The summed E-state index contributed by atoms with van der Waals surface area (Å²) in [5.74, 6) is 0.307. The zero-order chi connectivity index (χ0) is 21.8. The number of halogens is 3. The molecule has 0 fully saturated rings. The fourth-order valence-electron chi connectivity index (χ4n) is 3.20. The van der Waals surface area contributed by atoms with Crippen LogP contribution in [0, 0.1) is 17.1 Å². The van der Waals surface area contributed by atoms with Crippen LogP contribution in [0.3, 0.4) is 0 Å². The minimum atomic E-state index is -0.274. The summed E-state index contributed by atoms with van der Waals surface area (Å²) in [6.07, 6.45) is 0. The molecule has 0 amide bonds. The number of benzene rings is 3. The summed E-state index contributed by atoms with van der Waals surface area (Å²) in [6.45, 7) is 0. The number of hydrogen-bond acceptors (Lipinski definition) is 2. The lowest BCUT2D eigenvalue weighted by atomic mass is 9.99. The minimum Gasteiger partial charge on any atom is -0.207 e. The second-order valence-electron chi connectivity index (χ2n) is 6.81. The van der Waals surface area contributed by atoms with Gasteiger partial charge in [-0.05, 0) is 47.5 Å². The van der Waals surface area contributed by atoms with Gasteiger partial charge in [0.15, 0.2) is 0 Å². The number of hydrogen-bond donors (Lipinski definition) is 0. The largest absolute Gasteiger partial charge is 0.257 e. The molecular formula is C25H16Cl2FN2S+. The second kappa shape index (κ2) is 9.53. The van der Waals surface area contributed by atoms with Gasteiger partial charge in [0.05, 0.1) is 10.6 Å². The van der Waals surface area contributed by atoms with E-state index in [0.717, 1.165) is 27.9 Å². The molecular weight excluding hydrogens is 450 g/mol. The van der Waals surface area contributed by atoms with Gasteiger partial charge < -0.3 is 0 Å². The van der Waals surface area contributed by atoms with Crippen LogP contribution in [0.4, 0.5) is 4.39 Å². The van der Waals surface area contributed by atoms with Crippen molar-refractivity contribution in [1.29, 1.82) is 5.26 Å². The molecule has 0 bridgehead atoms. The van der Waals surface area contributed by atoms with Crippen molar-refractivity contribution in [2.24, 2.45) is 0 Å². The number of pyridine rings is 1. The molecule has 0 aliphatic carbocycles. The number of nitriles is 1. The minimum absolute atomic E-state index is 0.274. The monoisotopic (exact) mass is 465 g/mol. The molecule has 6 heteroatoms. The van der Waals surface area contributed by atoms with Crippen LogP contribution in [-0.4, -0.2) is 0 Å². The maximum atomic E-state index is 13.2. The van der Waals surface area contributed by atoms with Crippen molar-refractivity contribution in [2.45, 2.75) is 10.8 Å². The topological polar surface area (TPSA) is 37.9 Å². The Balaban J connectivity index is 1.83. The fourth-order valence-corrected chi connectivity index (χ4v) is 4.55. The number of H-pyrrole nitrogens is 1. The van der Waals surface area contributed by atoms with E-state index < -0.39 is 0 Å². The highest BCUT2D eigenvalue weighted by Crippen LogP contribution is 2.35. The van der Waals surface area contributed by atoms with Crippen LogP contribution < -0.4 is 4.98 Å². The highest BCUT2D eigenvalue weighted by atomic mass is 35.5. The summed E-state index contributed by atoms with van der Waals surface area (Å²) in [7, 11) is 0. The van der Waals surface area contributed by atoms with Crippen LogP contribution in [0.15, 0.2) is 83.9 Å². The third kappa shape index (κ3) is 4.91. The van der Waals surface area contributed by atoms with E-state index in [2.05, 4.69) is 11.1 Å². The van der Waals surface area contributed by atoms with Crippen molar-refractivity contribution in [2.75, 3.05) is 0 Å². The smallest absolute Gasteiger partial charge is 0.207 e. The zero-order valence-electron chi connectivity index (χ0n) is 16.2. The Hall–Kier alpha value is -2.84. The van der Waals surface area contributed by atoms with E-state index in [-0.39, 0.29) is 5.82 Å². The van der Waals surface area contributed by atoms with Crippen LogP contribution in [0.1, 0.15) is 11.1 Å². The maximum Gasteiger partial charge on any atom is 0.257 e. The standard InChI is InChI=1S/C25H15Cl2FN2S/c26-18-9-7-17(8-10-18)21-13-24(20-3-1-2-4-23(20)27)30-25(22(21)14-29)31-15-16-5-11-19(28)12-6-16/h1-13H,15H2/p+1. The normalized spacial score (nSPS) is 10.6. The van der Waals surface area contributed by atoms with Gasteiger partial charge in [-0.3, -0.25) is 0 Å². The van der Waals surface area contributed by atoms with Crippen LogP contribution in [0.25, 0.3) is 22.4 Å². The van der Waals surface area contributed by atoms with E-state index >= 15 is 0 Å². The Kier molecular flexibility index (Phi) is 6.58. The van der Waals surface area contributed by atoms with Crippen molar-refractivity contribution in [3.8, 4) is 28.5 Å². The van der Waals surface area contributed by atoms with Gasteiger partial charge >= 0.3 is 0 Å². The molecule has 0 aliphatic heterocycles. The average molecular weight is 466 g/mol. The number of nitrogens with zero attached hydrogens (tertiary/aromatic N) is 1. The first-order valence-electron chi connectivity index (χ1n) is 9.43. The molecule has 0 radical (unpaired) electrons. The molecule has 0 aliphatic rings. The van der Waals surface area contributed by atoms with E-state index in [4.69, 9.17) is 23.2 Å². The average Bonchev–Trinajstić information content (AvgIpc) is 2.79. The second-order valence-corrected chi connectivity index (χ2v) is 8.64. The third-order valence-electron chi connectivity index (χ3n) is 4.76. The van der Waals surface area contributed by atoms with E-state index in [0.29, 0.717) is 26.4 Å². The Bertz CT molecular complexity index is 1270. The number of thioether (sulfide) groups is 1. The van der Waals surface area contributed by atoms with Crippen LogP contribution >= 0.6 is 35.0 Å². The van der Waals surface area contributed by atoms with E-state index in [1.54, 1.807) is 24.3 Å². The zero-order valence-corrected chi connectivity index (χ0v) is 18.5. The summed E-state index contributed by atoms with van der Waals surface area (Å²) in [4.78, 5) is 3.38. The summed E-state index contributed by atoms with van der Waals surface area (Å²) in [5.41, 5.74) is 4.80. The molecule has 31 heavy (non-hydrogen) atoms. The molecule has 1 aromatic heterocycles. The number of rotatable bonds is 5. The fraction of sp³-hybridized carbons (Fsp3) is 0.0400. The lowest BCUT2D eigenvalue weighted by Gasteiger charge is -2.09. The first-order valence-corrected chi connectivity index (χ1v) is 11.2. The molecule has 2 nitrogen and oxygen atoms in total. The van der Waals surface area contributed by atoms with Crippen LogP contribution in [0.2, 0.25) is 10.0 Å². The Morgan fingerprint density at radius 1 is 0.903 bits per heavy atom. The highest BCUT2D eigenvalue weighted by molar-refractivity contribution is 7.98. The number of aromatic nitrogens is 1.